The van der Waals surface area contributed by atoms with Gasteiger partial charge >= 0.3 is 0 Å². The van der Waals surface area contributed by atoms with Gasteiger partial charge in [0.2, 0.25) is 0 Å². The van der Waals surface area contributed by atoms with Crippen LogP contribution in [0.1, 0.15) is 12.5 Å². The second kappa shape index (κ2) is 6.88. The van der Waals surface area contributed by atoms with Crippen LogP contribution in [0.4, 0.5) is 0 Å². The molecule has 0 heterocycles. The Labute approximate surface area is 114 Å². The molecule has 1 saturated carbocycles. The predicted molar refractivity (Wildman–Crippen MR) is 77.2 cm³/mol. The summed E-state index contributed by atoms with van der Waals surface area (Å²) in [7, 11) is 0. The summed E-state index contributed by atoms with van der Waals surface area (Å²) < 4.78 is 0. The quantitative estimate of drug-likeness (QED) is 0.499. The van der Waals surface area contributed by atoms with Crippen LogP contribution in [0.2, 0.25) is 0 Å². The van der Waals surface area contributed by atoms with E-state index in [2.05, 4.69) is 10.5 Å². The first-order chi connectivity index (χ1) is 9.25. The van der Waals surface area contributed by atoms with E-state index in [1.807, 2.05) is 62.9 Å². The van der Waals surface area contributed by atoms with E-state index in [0.29, 0.717) is 0 Å². The fourth-order valence-electron chi connectivity index (χ4n) is 1.59. The summed E-state index contributed by atoms with van der Waals surface area (Å²) in [5.41, 5.74) is 4.27. The number of carbonyl (C=O) groups is 1. The van der Waals surface area contributed by atoms with E-state index in [-0.39, 0.29) is 5.91 Å². The lowest BCUT2D eigenvalue weighted by Crippen LogP contribution is -2.18. The maximum absolute atomic E-state index is 11.6. The van der Waals surface area contributed by atoms with E-state index < -0.39 is 0 Å². The molecule has 19 heavy (non-hydrogen) atoms. The van der Waals surface area contributed by atoms with Crippen LogP contribution >= 0.6 is 0 Å². The Kier molecular flexibility index (Phi) is 4.90. The summed E-state index contributed by atoms with van der Waals surface area (Å²) in [6.45, 7) is 1.86. The van der Waals surface area contributed by atoms with Crippen molar-refractivity contribution in [2.24, 2.45) is 5.10 Å². The Hall–Kier alpha value is -1.90. The highest BCUT2D eigenvalue weighted by Crippen LogP contribution is 2.23. The van der Waals surface area contributed by atoms with Gasteiger partial charge in [-0.2, -0.15) is 5.10 Å². The van der Waals surface area contributed by atoms with E-state index in [4.69, 9.17) is 0 Å². The van der Waals surface area contributed by atoms with Gasteiger partial charge in [0.05, 0.1) is 0 Å². The van der Waals surface area contributed by atoms with Crippen molar-refractivity contribution < 1.29 is 4.79 Å². The highest BCUT2D eigenvalue weighted by Gasteiger charge is 2.19. The molecule has 1 aliphatic carbocycles. The zero-order valence-electron chi connectivity index (χ0n) is 10.7. The Bertz CT molecular complexity index is 471. The lowest BCUT2D eigenvalue weighted by atomic mass is 10.0. The maximum Gasteiger partial charge on any atom is 0.264 e. The van der Waals surface area contributed by atoms with Crippen LogP contribution in [-0.2, 0) is 4.79 Å². The van der Waals surface area contributed by atoms with Crippen molar-refractivity contribution in [1.82, 2.24) is 5.43 Å². The number of hydrogen-bond acceptors (Lipinski definition) is 2. The van der Waals surface area contributed by atoms with Gasteiger partial charge in [-0.25, -0.2) is 5.43 Å². The molecular weight excluding hydrogens is 236 g/mol. The van der Waals surface area contributed by atoms with Crippen LogP contribution in [0.25, 0.3) is 6.08 Å². The van der Waals surface area contributed by atoms with Crippen LogP contribution in [0.5, 0.6) is 0 Å². The smallest absolute Gasteiger partial charge is 0.264 e. The molecule has 0 atom stereocenters. The highest BCUT2D eigenvalue weighted by molar-refractivity contribution is 6.01. The molecule has 0 aromatic heterocycles. The minimum absolute atomic E-state index is 0.241. The van der Waals surface area contributed by atoms with Crippen molar-refractivity contribution in [3.8, 4) is 0 Å². The van der Waals surface area contributed by atoms with Gasteiger partial charge in [0.1, 0.15) is 0 Å². The number of carbonyl (C=O) groups excluding carboxylic acids is 1. The molecule has 1 fully saturated rings. The molecule has 0 saturated heterocycles. The number of hydrogen-bond donors (Lipinski definition) is 1. The van der Waals surface area contributed by atoms with Gasteiger partial charge in [0.15, 0.2) is 0 Å². The third kappa shape index (κ3) is 4.36. The number of nitrogens with zero attached hydrogens (tertiary/aromatic N) is 1. The zero-order chi connectivity index (χ0) is 13.5. The maximum atomic E-state index is 11.6. The monoisotopic (exact) mass is 251 g/mol. The molecule has 0 bridgehead atoms. The second-order valence-corrected chi connectivity index (χ2v) is 4.09. The molecule has 0 spiro atoms. The van der Waals surface area contributed by atoms with Gasteiger partial charge in [-0.1, -0.05) is 30.3 Å². The molecule has 95 valence electrons. The van der Waals surface area contributed by atoms with Gasteiger partial charge in [-0.3, -0.25) is 4.79 Å². The first-order valence-electron chi connectivity index (χ1n) is 6.05. The van der Waals surface area contributed by atoms with Crippen LogP contribution in [-0.4, -0.2) is 11.6 Å². The van der Waals surface area contributed by atoms with E-state index in [1.165, 1.54) is 6.08 Å². The molecule has 5 radical (unpaired) electrons. The molecule has 3 heteroatoms. The standard InChI is InChI=1S/C16H15N2O/c1-13(15-9-5-6-10-15)17-18-16(19)12-11-14-7-3-2-4-8-14/h2-12H,1H3,(H,18,19)/b12-11+,17-13+. The number of amides is 1. The Morgan fingerprint density at radius 2 is 1.84 bits per heavy atom. The third-order valence-electron chi connectivity index (χ3n) is 2.64. The van der Waals surface area contributed by atoms with Crippen molar-refractivity contribution in [3.63, 3.8) is 0 Å². The van der Waals surface area contributed by atoms with Crippen LogP contribution in [0, 0.1) is 31.6 Å². The topological polar surface area (TPSA) is 41.5 Å². The minimum atomic E-state index is -0.241. The van der Waals surface area contributed by atoms with E-state index in [0.717, 1.165) is 17.2 Å². The molecule has 1 aromatic rings. The van der Waals surface area contributed by atoms with Crippen molar-refractivity contribution in [2.75, 3.05) is 0 Å². The van der Waals surface area contributed by atoms with Gasteiger partial charge in [-0.05, 0) is 44.2 Å². The first-order valence-corrected chi connectivity index (χ1v) is 6.05. The summed E-state index contributed by atoms with van der Waals surface area (Å²) in [5.74, 6) is 0.766. The van der Waals surface area contributed by atoms with E-state index in [9.17, 15) is 4.79 Å². The van der Waals surface area contributed by atoms with Gasteiger partial charge < -0.3 is 0 Å². The highest BCUT2D eigenvalue weighted by atomic mass is 16.2. The van der Waals surface area contributed by atoms with Crippen molar-refractivity contribution in [2.45, 2.75) is 6.92 Å². The van der Waals surface area contributed by atoms with Crippen LogP contribution in [0.3, 0.4) is 0 Å². The van der Waals surface area contributed by atoms with Crippen LogP contribution in [0.15, 0.2) is 41.5 Å². The first kappa shape index (κ1) is 13.5. The molecule has 2 rings (SSSR count). The number of rotatable bonds is 4. The molecule has 1 aromatic carbocycles. The lowest BCUT2D eigenvalue weighted by molar-refractivity contribution is -0.116. The summed E-state index contributed by atoms with van der Waals surface area (Å²) in [4.78, 5) is 11.6. The molecule has 3 nitrogen and oxygen atoms in total. The van der Waals surface area contributed by atoms with E-state index >= 15 is 0 Å². The Morgan fingerprint density at radius 3 is 2.53 bits per heavy atom. The minimum Gasteiger partial charge on any atom is -0.268 e. The van der Waals surface area contributed by atoms with Gasteiger partial charge in [0.25, 0.3) is 5.91 Å². The SMILES string of the molecule is C/C(=N\NC(=O)/C=C/c1ccccc1)[C]1[CH][CH][CH][CH]1. The van der Waals surface area contributed by atoms with Gasteiger partial charge in [0, 0.05) is 17.7 Å². The molecule has 0 aliphatic heterocycles. The second-order valence-electron chi connectivity index (χ2n) is 4.09. The van der Waals surface area contributed by atoms with Crippen LogP contribution < -0.4 is 5.43 Å². The fourth-order valence-corrected chi connectivity index (χ4v) is 1.59. The normalized spacial score (nSPS) is 17.0. The number of nitrogens with one attached hydrogen (secondary N) is 1. The van der Waals surface area contributed by atoms with E-state index in [1.54, 1.807) is 6.08 Å². The Balaban J connectivity index is 1.84. The van der Waals surface area contributed by atoms with Crippen molar-refractivity contribution >= 4 is 17.7 Å². The number of hydrazone groups is 1. The fraction of sp³-hybridized carbons (Fsp3) is 0.0625. The van der Waals surface area contributed by atoms with Crippen molar-refractivity contribution in [1.29, 1.82) is 0 Å². The van der Waals surface area contributed by atoms with Gasteiger partial charge in [-0.15, -0.1) is 0 Å². The molecule has 1 aliphatic rings. The average Bonchev–Trinajstić information content (AvgIpc) is 2.98. The average molecular weight is 251 g/mol. The third-order valence-corrected chi connectivity index (χ3v) is 2.64. The summed E-state index contributed by atoms with van der Waals surface area (Å²) in [5, 5.41) is 4.04. The summed E-state index contributed by atoms with van der Waals surface area (Å²) in [6.07, 6.45) is 11.0. The predicted octanol–water partition coefficient (Wildman–Crippen LogP) is 2.60. The molecular formula is C16H15N2O. The number of benzene rings is 1. The largest absolute Gasteiger partial charge is 0.268 e. The molecule has 1 N–H and O–H groups in total. The lowest BCUT2D eigenvalue weighted by Gasteiger charge is -2.06. The molecule has 0 unspecified atom stereocenters. The zero-order valence-corrected chi connectivity index (χ0v) is 10.7. The Morgan fingerprint density at radius 1 is 1.16 bits per heavy atom. The van der Waals surface area contributed by atoms with Crippen molar-refractivity contribution in [3.05, 3.63) is 73.6 Å². The molecule has 1 amide bonds. The summed E-state index contributed by atoms with van der Waals surface area (Å²) >= 11 is 0. The summed E-state index contributed by atoms with van der Waals surface area (Å²) in [6, 6.07) is 9.65.